The van der Waals surface area contributed by atoms with E-state index in [1.165, 1.54) is 12.3 Å². The van der Waals surface area contributed by atoms with Crippen LogP contribution < -0.4 is 4.74 Å². The van der Waals surface area contributed by atoms with Crippen LogP contribution in [0.1, 0.15) is 11.4 Å². The van der Waals surface area contributed by atoms with Crippen molar-refractivity contribution in [2.75, 3.05) is 0 Å². The third-order valence-electron chi connectivity index (χ3n) is 3.16. The molecule has 0 aliphatic carbocycles. The van der Waals surface area contributed by atoms with Crippen molar-refractivity contribution in [3.05, 3.63) is 83.3 Å². The van der Waals surface area contributed by atoms with Gasteiger partial charge in [0.1, 0.15) is 5.82 Å². The lowest BCUT2D eigenvalue weighted by atomic mass is 10.1. The number of hydrogen-bond acceptors (Lipinski definition) is 3. The summed E-state index contributed by atoms with van der Waals surface area (Å²) in [5.74, 6) is -7.44. The van der Waals surface area contributed by atoms with Crippen LogP contribution in [-0.2, 0) is 6.42 Å². The summed E-state index contributed by atoms with van der Waals surface area (Å²) in [6.45, 7) is 0. The molecule has 1 heterocycles. The van der Waals surface area contributed by atoms with Crippen molar-refractivity contribution in [1.82, 2.24) is 9.97 Å². The first-order valence-electron chi connectivity index (χ1n) is 6.91. The molecule has 3 aromatic rings. The van der Waals surface area contributed by atoms with Crippen LogP contribution in [0, 0.1) is 23.3 Å². The van der Waals surface area contributed by atoms with Crippen LogP contribution in [0.5, 0.6) is 11.6 Å². The van der Waals surface area contributed by atoms with E-state index in [4.69, 9.17) is 4.74 Å². The molecule has 24 heavy (non-hydrogen) atoms. The number of benzene rings is 2. The van der Waals surface area contributed by atoms with Gasteiger partial charge in [0.15, 0.2) is 11.6 Å². The van der Waals surface area contributed by atoms with Crippen LogP contribution in [0.2, 0.25) is 0 Å². The van der Waals surface area contributed by atoms with E-state index in [1.54, 1.807) is 0 Å². The Kier molecular flexibility index (Phi) is 4.41. The first kappa shape index (κ1) is 15.9. The molecule has 0 amide bonds. The van der Waals surface area contributed by atoms with Crippen LogP contribution in [0.25, 0.3) is 0 Å². The summed E-state index contributed by atoms with van der Waals surface area (Å²) >= 11 is 0. The highest BCUT2D eigenvalue weighted by molar-refractivity contribution is 5.32. The molecular formula is C17H10F4N2O. The van der Waals surface area contributed by atoms with Crippen molar-refractivity contribution in [3.8, 4) is 11.6 Å². The molecule has 3 nitrogen and oxygen atoms in total. The Morgan fingerprint density at radius 2 is 1.54 bits per heavy atom. The zero-order valence-electron chi connectivity index (χ0n) is 12.1. The van der Waals surface area contributed by atoms with Gasteiger partial charge in [0.2, 0.25) is 23.3 Å². The average Bonchev–Trinajstić information content (AvgIpc) is 2.58. The second kappa shape index (κ2) is 6.66. The second-order valence-corrected chi connectivity index (χ2v) is 4.87. The summed E-state index contributed by atoms with van der Waals surface area (Å²) < 4.78 is 58.5. The van der Waals surface area contributed by atoms with Gasteiger partial charge >= 0.3 is 0 Å². The maximum Gasteiger partial charge on any atom is 0.222 e. The van der Waals surface area contributed by atoms with E-state index in [1.807, 2.05) is 30.3 Å². The van der Waals surface area contributed by atoms with Gasteiger partial charge in [0, 0.05) is 24.8 Å². The maximum atomic E-state index is 13.6. The number of hydrogen-bond donors (Lipinski definition) is 0. The normalized spacial score (nSPS) is 10.7. The van der Waals surface area contributed by atoms with E-state index in [-0.39, 0.29) is 11.9 Å². The summed E-state index contributed by atoms with van der Waals surface area (Å²) in [7, 11) is 0. The van der Waals surface area contributed by atoms with Gasteiger partial charge in [-0.05, 0) is 5.56 Å². The third kappa shape index (κ3) is 3.34. The summed E-state index contributed by atoms with van der Waals surface area (Å²) in [6, 6.07) is 10.6. The zero-order valence-corrected chi connectivity index (χ0v) is 12.1. The Labute approximate surface area is 134 Å². The van der Waals surface area contributed by atoms with E-state index in [2.05, 4.69) is 9.97 Å². The van der Waals surface area contributed by atoms with Gasteiger partial charge in [-0.1, -0.05) is 30.3 Å². The minimum atomic E-state index is -1.63. The third-order valence-corrected chi connectivity index (χ3v) is 3.16. The Balaban J connectivity index is 1.88. The van der Waals surface area contributed by atoms with Crippen molar-refractivity contribution >= 4 is 0 Å². The zero-order chi connectivity index (χ0) is 17.1. The molecule has 0 saturated carbocycles. The fraction of sp³-hybridized carbons (Fsp3) is 0.0588. The predicted molar refractivity (Wildman–Crippen MR) is 77.6 cm³/mol. The van der Waals surface area contributed by atoms with Crippen molar-refractivity contribution in [3.63, 3.8) is 0 Å². The molecule has 0 spiro atoms. The van der Waals surface area contributed by atoms with Gasteiger partial charge in [0.25, 0.3) is 0 Å². The lowest BCUT2D eigenvalue weighted by Gasteiger charge is -2.09. The molecule has 0 saturated heterocycles. The molecule has 0 aliphatic heterocycles. The van der Waals surface area contributed by atoms with E-state index in [0.717, 1.165) is 5.56 Å². The van der Waals surface area contributed by atoms with Crippen LogP contribution in [0.15, 0.2) is 48.7 Å². The molecule has 0 aliphatic rings. The minimum absolute atomic E-state index is 0.109. The van der Waals surface area contributed by atoms with Crippen LogP contribution in [0.4, 0.5) is 17.6 Å². The molecule has 0 atom stereocenters. The van der Waals surface area contributed by atoms with Crippen molar-refractivity contribution in [2.24, 2.45) is 0 Å². The van der Waals surface area contributed by atoms with Gasteiger partial charge in [-0.25, -0.2) is 13.8 Å². The first-order chi connectivity index (χ1) is 11.5. The SMILES string of the molecule is Fc1cc(F)c(F)c(Oc2ccnc(Cc3ccccc3)n2)c1F. The Morgan fingerprint density at radius 1 is 0.875 bits per heavy atom. The van der Waals surface area contributed by atoms with Crippen molar-refractivity contribution in [1.29, 1.82) is 0 Å². The van der Waals surface area contributed by atoms with E-state index < -0.39 is 29.0 Å². The smallest absolute Gasteiger partial charge is 0.222 e. The topological polar surface area (TPSA) is 35.0 Å². The lowest BCUT2D eigenvalue weighted by molar-refractivity contribution is 0.357. The number of aromatic nitrogens is 2. The summed E-state index contributed by atoms with van der Waals surface area (Å²) in [4.78, 5) is 8.02. The monoisotopic (exact) mass is 334 g/mol. The van der Waals surface area contributed by atoms with Gasteiger partial charge < -0.3 is 4.74 Å². The Bertz CT molecular complexity index is 846. The molecule has 0 bridgehead atoms. The molecule has 1 aromatic heterocycles. The van der Waals surface area contributed by atoms with E-state index in [0.29, 0.717) is 12.2 Å². The minimum Gasteiger partial charge on any atom is -0.432 e. The Morgan fingerprint density at radius 3 is 2.21 bits per heavy atom. The molecule has 0 N–H and O–H groups in total. The maximum absolute atomic E-state index is 13.6. The predicted octanol–water partition coefficient (Wildman–Crippen LogP) is 4.42. The molecular weight excluding hydrogens is 324 g/mol. The molecule has 0 fully saturated rings. The lowest BCUT2D eigenvalue weighted by Crippen LogP contribution is -2.02. The van der Waals surface area contributed by atoms with E-state index >= 15 is 0 Å². The van der Waals surface area contributed by atoms with Crippen LogP contribution >= 0.6 is 0 Å². The molecule has 0 radical (unpaired) electrons. The number of nitrogens with zero attached hydrogens (tertiary/aromatic N) is 2. The van der Waals surface area contributed by atoms with E-state index in [9.17, 15) is 17.6 Å². The molecule has 0 unspecified atom stereocenters. The highest BCUT2D eigenvalue weighted by atomic mass is 19.2. The van der Waals surface area contributed by atoms with Gasteiger partial charge in [-0.15, -0.1) is 0 Å². The van der Waals surface area contributed by atoms with Crippen molar-refractivity contribution < 1.29 is 22.3 Å². The largest absolute Gasteiger partial charge is 0.432 e. The van der Waals surface area contributed by atoms with Crippen molar-refractivity contribution in [2.45, 2.75) is 6.42 Å². The number of halogens is 4. The fourth-order valence-corrected chi connectivity index (χ4v) is 2.05. The second-order valence-electron chi connectivity index (χ2n) is 4.87. The highest BCUT2D eigenvalue weighted by Crippen LogP contribution is 2.30. The number of ether oxygens (including phenoxy) is 1. The Hall–Kier alpha value is -2.96. The van der Waals surface area contributed by atoms with Gasteiger partial charge in [-0.2, -0.15) is 13.8 Å². The highest BCUT2D eigenvalue weighted by Gasteiger charge is 2.21. The number of rotatable bonds is 4. The quantitative estimate of drug-likeness (QED) is 0.523. The van der Waals surface area contributed by atoms with Crippen LogP contribution in [-0.4, -0.2) is 9.97 Å². The first-order valence-corrected chi connectivity index (χ1v) is 6.91. The van der Waals surface area contributed by atoms with Gasteiger partial charge in [0.05, 0.1) is 0 Å². The van der Waals surface area contributed by atoms with Gasteiger partial charge in [-0.3, -0.25) is 0 Å². The summed E-state index contributed by atoms with van der Waals surface area (Å²) in [6.07, 6.45) is 1.69. The van der Waals surface area contributed by atoms with Crippen LogP contribution in [0.3, 0.4) is 0 Å². The average molecular weight is 334 g/mol. The molecule has 7 heteroatoms. The molecule has 2 aromatic carbocycles. The molecule has 3 rings (SSSR count). The molecule has 122 valence electrons. The summed E-state index contributed by atoms with van der Waals surface area (Å²) in [5.41, 5.74) is 0.920. The summed E-state index contributed by atoms with van der Waals surface area (Å²) in [5, 5.41) is 0. The fourth-order valence-electron chi connectivity index (χ4n) is 2.05. The standard InChI is InChI=1S/C17H10F4N2O/c18-11-9-12(19)16(21)17(15(11)20)24-14-6-7-22-13(23-14)8-10-4-2-1-3-5-10/h1-7,9H,8H2.